The summed E-state index contributed by atoms with van der Waals surface area (Å²) in [5, 5.41) is 5.27. The molecule has 128 valence electrons. The van der Waals surface area contributed by atoms with Crippen LogP contribution >= 0.6 is 11.6 Å². The van der Waals surface area contributed by atoms with Crippen molar-refractivity contribution in [2.75, 3.05) is 11.9 Å². The summed E-state index contributed by atoms with van der Waals surface area (Å²) in [5.74, 6) is -0.509. The molecule has 0 unspecified atom stereocenters. The highest BCUT2D eigenvalue weighted by molar-refractivity contribution is 6.30. The van der Waals surface area contributed by atoms with Gasteiger partial charge < -0.3 is 10.6 Å². The molecule has 1 aromatic carbocycles. The predicted octanol–water partition coefficient (Wildman–Crippen LogP) is 3.87. The summed E-state index contributed by atoms with van der Waals surface area (Å²) in [6.07, 6.45) is -1.23. The van der Waals surface area contributed by atoms with E-state index in [0.717, 1.165) is 17.7 Å². The van der Waals surface area contributed by atoms with Crippen molar-refractivity contribution in [2.24, 2.45) is 0 Å². The smallest absolute Gasteiger partial charge is 0.325 e. The van der Waals surface area contributed by atoms with Gasteiger partial charge in [0, 0.05) is 36.9 Å². The zero-order valence-electron chi connectivity index (χ0n) is 12.5. The fourth-order valence-corrected chi connectivity index (χ4v) is 2.18. The van der Waals surface area contributed by atoms with Gasteiger partial charge in [-0.05, 0) is 35.9 Å². The summed E-state index contributed by atoms with van der Waals surface area (Å²) in [7, 11) is 0. The SMILES string of the molecule is O=C(CCNCc1ccncc1)Nc1ccc(Cl)cc1C(F)(F)F. The van der Waals surface area contributed by atoms with Crippen molar-refractivity contribution in [1.82, 2.24) is 10.3 Å². The number of halogens is 4. The third kappa shape index (κ3) is 5.50. The Bertz CT molecular complexity index is 693. The number of alkyl halides is 3. The van der Waals surface area contributed by atoms with Crippen LogP contribution in [0.1, 0.15) is 17.5 Å². The highest BCUT2D eigenvalue weighted by atomic mass is 35.5. The standard InChI is InChI=1S/C16H15ClF3N3O/c17-12-1-2-14(13(9-12)16(18,19)20)23-15(24)5-8-22-10-11-3-6-21-7-4-11/h1-4,6-7,9,22H,5,8,10H2,(H,23,24). The Kier molecular flexibility index (Phi) is 6.16. The van der Waals surface area contributed by atoms with Crippen LogP contribution < -0.4 is 10.6 Å². The summed E-state index contributed by atoms with van der Waals surface area (Å²) < 4.78 is 38.8. The molecule has 1 amide bonds. The van der Waals surface area contributed by atoms with E-state index in [2.05, 4.69) is 15.6 Å². The van der Waals surface area contributed by atoms with Gasteiger partial charge in [0.25, 0.3) is 0 Å². The molecule has 2 aromatic rings. The fraction of sp³-hybridized carbons (Fsp3) is 0.250. The third-order valence-electron chi connectivity index (χ3n) is 3.17. The highest BCUT2D eigenvalue weighted by Gasteiger charge is 2.34. The van der Waals surface area contributed by atoms with E-state index in [1.54, 1.807) is 12.4 Å². The number of aromatic nitrogens is 1. The zero-order chi connectivity index (χ0) is 17.6. The molecule has 0 bridgehead atoms. The number of nitrogens with zero attached hydrogens (tertiary/aromatic N) is 1. The Balaban J connectivity index is 1.86. The van der Waals surface area contributed by atoms with Gasteiger partial charge in [-0.2, -0.15) is 13.2 Å². The second-order valence-corrected chi connectivity index (χ2v) is 5.45. The van der Waals surface area contributed by atoms with Crippen LogP contribution in [0.5, 0.6) is 0 Å². The Morgan fingerprint density at radius 1 is 1.17 bits per heavy atom. The van der Waals surface area contributed by atoms with Gasteiger partial charge in [0.05, 0.1) is 11.3 Å². The molecule has 0 saturated carbocycles. The molecular formula is C16H15ClF3N3O. The topological polar surface area (TPSA) is 54.0 Å². The number of hydrogen-bond donors (Lipinski definition) is 2. The van der Waals surface area contributed by atoms with E-state index in [0.29, 0.717) is 13.1 Å². The number of hydrogen-bond acceptors (Lipinski definition) is 3. The summed E-state index contributed by atoms with van der Waals surface area (Å²) >= 11 is 5.59. The Morgan fingerprint density at radius 2 is 1.88 bits per heavy atom. The second-order valence-electron chi connectivity index (χ2n) is 5.02. The lowest BCUT2D eigenvalue weighted by molar-refractivity contribution is -0.137. The number of anilines is 1. The lowest BCUT2D eigenvalue weighted by Gasteiger charge is -2.14. The van der Waals surface area contributed by atoms with E-state index in [-0.39, 0.29) is 17.1 Å². The minimum atomic E-state index is -4.59. The molecule has 0 saturated heterocycles. The van der Waals surface area contributed by atoms with Crippen molar-refractivity contribution in [2.45, 2.75) is 19.1 Å². The summed E-state index contributed by atoms with van der Waals surface area (Å²) in [5.41, 5.74) is -0.262. The number of carbonyl (C=O) groups excluding carboxylic acids is 1. The molecule has 0 aliphatic rings. The maximum atomic E-state index is 12.9. The maximum Gasteiger partial charge on any atom is 0.418 e. The van der Waals surface area contributed by atoms with Crippen molar-refractivity contribution in [3.05, 3.63) is 58.9 Å². The molecule has 1 aromatic heterocycles. The van der Waals surface area contributed by atoms with Crippen LogP contribution in [-0.4, -0.2) is 17.4 Å². The summed E-state index contributed by atoms with van der Waals surface area (Å²) in [6, 6.07) is 6.90. The second kappa shape index (κ2) is 8.12. The molecule has 8 heteroatoms. The first kappa shape index (κ1) is 18.2. The molecule has 2 rings (SSSR count). The van der Waals surface area contributed by atoms with E-state index in [4.69, 9.17) is 11.6 Å². The molecule has 0 aliphatic carbocycles. The molecule has 1 heterocycles. The van der Waals surface area contributed by atoms with E-state index in [9.17, 15) is 18.0 Å². The van der Waals surface area contributed by atoms with E-state index in [1.165, 1.54) is 6.07 Å². The fourth-order valence-electron chi connectivity index (χ4n) is 2.01. The number of benzene rings is 1. The van der Waals surface area contributed by atoms with Crippen LogP contribution in [0, 0.1) is 0 Å². The van der Waals surface area contributed by atoms with Crippen LogP contribution in [0.2, 0.25) is 5.02 Å². The van der Waals surface area contributed by atoms with Gasteiger partial charge in [0.15, 0.2) is 0 Å². The first-order valence-electron chi connectivity index (χ1n) is 7.12. The number of nitrogens with one attached hydrogen (secondary N) is 2. The monoisotopic (exact) mass is 357 g/mol. The summed E-state index contributed by atoms with van der Waals surface area (Å²) in [6.45, 7) is 0.883. The van der Waals surface area contributed by atoms with Crippen LogP contribution in [-0.2, 0) is 17.5 Å². The maximum absolute atomic E-state index is 12.9. The first-order chi connectivity index (χ1) is 11.4. The summed E-state index contributed by atoms with van der Waals surface area (Å²) in [4.78, 5) is 15.7. The Morgan fingerprint density at radius 3 is 2.54 bits per heavy atom. The first-order valence-corrected chi connectivity index (χ1v) is 7.50. The molecular weight excluding hydrogens is 343 g/mol. The van der Waals surface area contributed by atoms with Crippen molar-refractivity contribution >= 4 is 23.2 Å². The normalized spacial score (nSPS) is 11.3. The molecule has 0 aliphatic heterocycles. The van der Waals surface area contributed by atoms with Gasteiger partial charge >= 0.3 is 6.18 Å². The number of amides is 1. The van der Waals surface area contributed by atoms with Crippen LogP contribution in [0.25, 0.3) is 0 Å². The lowest BCUT2D eigenvalue weighted by Crippen LogP contribution is -2.22. The average molecular weight is 358 g/mol. The highest BCUT2D eigenvalue weighted by Crippen LogP contribution is 2.36. The zero-order valence-corrected chi connectivity index (χ0v) is 13.3. The quantitative estimate of drug-likeness (QED) is 0.772. The molecule has 24 heavy (non-hydrogen) atoms. The van der Waals surface area contributed by atoms with E-state index >= 15 is 0 Å². The van der Waals surface area contributed by atoms with Crippen molar-refractivity contribution < 1.29 is 18.0 Å². The van der Waals surface area contributed by atoms with Gasteiger partial charge in [0.1, 0.15) is 0 Å². The Labute approximate surface area is 142 Å². The molecule has 0 spiro atoms. The number of rotatable bonds is 6. The molecule has 2 N–H and O–H groups in total. The van der Waals surface area contributed by atoms with E-state index in [1.807, 2.05) is 12.1 Å². The molecule has 0 fully saturated rings. The van der Waals surface area contributed by atoms with Crippen molar-refractivity contribution in [3.8, 4) is 0 Å². The van der Waals surface area contributed by atoms with E-state index < -0.39 is 17.6 Å². The van der Waals surface area contributed by atoms with Crippen LogP contribution in [0.15, 0.2) is 42.7 Å². The van der Waals surface area contributed by atoms with Crippen LogP contribution in [0.4, 0.5) is 18.9 Å². The lowest BCUT2D eigenvalue weighted by atomic mass is 10.1. The van der Waals surface area contributed by atoms with Gasteiger partial charge in [-0.1, -0.05) is 11.6 Å². The Hall–Kier alpha value is -2.12. The van der Waals surface area contributed by atoms with Gasteiger partial charge in [-0.15, -0.1) is 0 Å². The third-order valence-corrected chi connectivity index (χ3v) is 3.40. The molecule has 4 nitrogen and oxygen atoms in total. The minimum Gasteiger partial charge on any atom is -0.325 e. The minimum absolute atomic E-state index is 0.0423. The number of carbonyl (C=O) groups is 1. The molecule has 0 radical (unpaired) electrons. The van der Waals surface area contributed by atoms with Gasteiger partial charge in [-0.25, -0.2) is 0 Å². The molecule has 0 atom stereocenters. The number of pyridine rings is 1. The van der Waals surface area contributed by atoms with Gasteiger partial charge in [-0.3, -0.25) is 9.78 Å². The van der Waals surface area contributed by atoms with Crippen molar-refractivity contribution in [3.63, 3.8) is 0 Å². The average Bonchev–Trinajstić information content (AvgIpc) is 2.53. The van der Waals surface area contributed by atoms with Crippen molar-refractivity contribution in [1.29, 1.82) is 0 Å². The van der Waals surface area contributed by atoms with Crippen LogP contribution in [0.3, 0.4) is 0 Å². The van der Waals surface area contributed by atoms with Gasteiger partial charge in [0.2, 0.25) is 5.91 Å². The predicted molar refractivity (Wildman–Crippen MR) is 85.6 cm³/mol. The largest absolute Gasteiger partial charge is 0.418 e.